The van der Waals surface area contributed by atoms with E-state index in [1.807, 2.05) is 13.0 Å². The molecule has 9 heteroatoms. The summed E-state index contributed by atoms with van der Waals surface area (Å²) in [7, 11) is 0. The van der Waals surface area contributed by atoms with Gasteiger partial charge in [-0.1, -0.05) is 26.0 Å². The molecule has 5 rings (SSSR count). The van der Waals surface area contributed by atoms with Gasteiger partial charge in [-0.05, 0) is 49.2 Å². The number of H-pyrrole nitrogens is 1. The van der Waals surface area contributed by atoms with Gasteiger partial charge in [0, 0.05) is 17.5 Å². The van der Waals surface area contributed by atoms with Crippen LogP contribution in [0.5, 0.6) is 0 Å². The van der Waals surface area contributed by atoms with Gasteiger partial charge in [-0.15, -0.1) is 0 Å². The third kappa shape index (κ3) is 3.54. The van der Waals surface area contributed by atoms with Crippen molar-refractivity contribution >= 4 is 18.0 Å². The zero-order chi connectivity index (χ0) is 24.3. The molecule has 5 N–H and O–H groups in total. The lowest BCUT2D eigenvalue weighted by Gasteiger charge is -2.60. The molecule has 4 aliphatic rings. The van der Waals surface area contributed by atoms with E-state index in [0.29, 0.717) is 18.6 Å². The largest absolute Gasteiger partial charge is 0.423 e. The number of esters is 1. The number of nitrogen functional groups attached to an aromatic ring is 1. The quantitative estimate of drug-likeness (QED) is 0.384. The monoisotopic (exact) mass is 469 g/mol. The standard InChI is InChI=1S/C25H31N3O6/c1-23-7-6-19(30)24(2,12-29)17(23)5-8-25(13-33-25)18(23)4-3-14-9-16(34-21(14)32)10-15-11-27-22(26)28-20(15)31/h3-4,9-11,17-19,29-30H,5-8,12-13H2,1-2H3,(H3,26,27,28,31)/b4-3+,16-10+/t17?,18?,19-,23+,24+,25?/m1/s1. The van der Waals surface area contributed by atoms with Gasteiger partial charge in [0.15, 0.2) is 5.95 Å². The van der Waals surface area contributed by atoms with Gasteiger partial charge in [0.1, 0.15) is 5.76 Å². The molecule has 34 heavy (non-hydrogen) atoms. The van der Waals surface area contributed by atoms with Crippen LogP contribution in [0.3, 0.4) is 0 Å². The average Bonchev–Trinajstić information content (AvgIpc) is 3.47. The Bertz CT molecular complexity index is 1170. The summed E-state index contributed by atoms with van der Waals surface area (Å²) in [5, 5.41) is 20.9. The number of carbonyl (C=O) groups is 1. The number of aliphatic hydroxyl groups excluding tert-OH is 2. The molecule has 3 unspecified atom stereocenters. The van der Waals surface area contributed by atoms with E-state index in [4.69, 9.17) is 15.2 Å². The molecule has 3 fully saturated rings. The molecule has 182 valence electrons. The van der Waals surface area contributed by atoms with Crippen molar-refractivity contribution in [3.8, 4) is 0 Å². The van der Waals surface area contributed by atoms with E-state index in [9.17, 15) is 19.8 Å². The van der Waals surface area contributed by atoms with Gasteiger partial charge in [0.05, 0.1) is 36.1 Å². The van der Waals surface area contributed by atoms with Crippen molar-refractivity contribution in [1.82, 2.24) is 9.97 Å². The molecule has 3 heterocycles. The summed E-state index contributed by atoms with van der Waals surface area (Å²) in [5.74, 6) is -0.0750. The van der Waals surface area contributed by atoms with Crippen LogP contribution in [-0.4, -0.2) is 51.1 Å². The number of aromatic nitrogens is 2. The number of cyclic esters (lactones) is 1. The summed E-state index contributed by atoms with van der Waals surface area (Å²) in [6, 6.07) is 0. The van der Waals surface area contributed by atoms with Crippen molar-refractivity contribution in [1.29, 1.82) is 0 Å². The maximum Gasteiger partial charge on any atom is 0.343 e. The molecule has 0 bridgehead atoms. The van der Waals surface area contributed by atoms with E-state index in [-0.39, 0.29) is 46.7 Å². The molecule has 0 radical (unpaired) electrons. The van der Waals surface area contributed by atoms with E-state index in [1.165, 1.54) is 12.3 Å². The van der Waals surface area contributed by atoms with Gasteiger partial charge in [-0.25, -0.2) is 9.78 Å². The van der Waals surface area contributed by atoms with E-state index >= 15 is 0 Å². The zero-order valence-corrected chi connectivity index (χ0v) is 19.4. The Kier molecular flexibility index (Phi) is 5.34. The first-order valence-electron chi connectivity index (χ1n) is 11.7. The Hall–Kier alpha value is -2.75. The topological polar surface area (TPSA) is 151 Å². The van der Waals surface area contributed by atoms with E-state index in [0.717, 1.165) is 19.3 Å². The molecular weight excluding hydrogens is 438 g/mol. The first kappa shape index (κ1) is 23.0. The van der Waals surface area contributed by atoms with Crippen molar-refractivity contribution in [2.75, 3.05) is 18.9 Å². The second kappa shape index (κ2) is 7.90. The number of ether oxygens (including phenoxy) is 2. The minimum absolute atomic E-state index is 0.0118. The summed E-state index contributed by atoms with van der Waals surface area (Å²) in [4.78, 5) is 30.8. The van der Waals surface area contributed by atoms with Crippen LogP contribution in [0.25, 0.3) is 6.08 Å². The molecule has 2 aliphatic carbocycles. The predicted molar refractivity (Wildman–Crippen MR) is 124 cm³/mol. The molecule has 0 aromatic carbocycles. The number of aliphatic hydroxyl groups is 2. The number of nitrogens with zero attached hydrogens (tertiary/aromatic N) is 1. The third-order valence-electron chi connectivity index (χ3n) is 8.66. The number of carbonyl (C=O) groups excluding carboxylic acids is 1. The van der Waals surface area contributed by atoms with Crippen molar-refractivity contribution in [3.05, 3.63) is 51.7 Å². The average molecular weight is 470 g/mol. The van der Waals surface area contributed by atoms with Crippen LogP contribution < -0.4 is 11.3 Å². The molecule has 0 amide bonds. The second-order valence-corrected chi connectivity index (χ2v) is 10.6. The van der Waals surface area contributed by atoms with Gasteiger partial charge in [0.25, 0.3) is 5.56 Å². The fourth-order valence-electron chi connectivity index (χ4n) is 6.61. The van der Waals surface area contributed by atoms with Gasteiger partial charge >= 0.3 is 5.97 Å². The molecule has 9 nitrogen and oxygen atoms in total. The minimum atomic E-state index is -0.572. The van der Waals surface area contributed by atoms with Crippen LogP contribution in [0.1, 0.15) is 45.1 Å². The van der Waals surface area contributed by atoms with E-state index in [1.54, 1.807) is 12.2 Å². The smallest absolute Gasteiger partial charge is 0.343 e. The molecular formula is C25H31N3O6. The summed E-state index contributed by atoms with van der Waals surface area (Å²) >= 11 is 0. The second-order valence-electron chi connectivity index (χ2n) is 10.6. The Morgan fingerprint density at radius 3 is 2.74 bits per heavy atom. The summed E-state index contributed by atoms with van der Waals surface area (Å²) in [6.45, 7) is 4.81. The third-order valence-corrected chi connectivity index (χ3v) is 8.66. The Morgan fingerprint density at radius 1 is 1.29 bits per heavy atom. The summed E-state index contributed by atoms with van der Waals surface area (Å²) in [6.07, 6.45) is 10.8. The summed E-state index contributed by atoms with van der Waals surface area (Å²) < 4.78 is 11.3. The number of aromatic amines is 1. The first-order chi connectivity index (χ1) is 16.1. The van der Waals surface area contributed by atoms with E-state index in [2.05, 4.69) is 16.9 Å². The maximum atomic E-state index is 12.5. The number of nitrogens with one attached hydrogen (secondary N) is 1. The molecule has 2 aliphatic heterocycles. The van der Waals surface area contributed by atoms with Crippen LogP contribution in [-0.2, 0) is 14.3 Å². The number of epoxide rings is 1. The first-order valence-corrected chi connectivity index (χ1v) is 11.7. The number of nitrogens with two attached hydrogens (primary N) is 1. The fourth-order valence-corrected chi connectivity index (χ4v) is 6.61. The van der Waals surface area contributed by atoms with Crippen LogP contribution in [0.15, 0.2) is 40.6 Å². The Balaban J connectivity index is 1.44. The van der Waals surface area contributed by atoms with Gasteiger partial charge in [-0.2, -0.15) is 0 Å². The van der Waals surface area contributed by atoms with Crippen molar-refractivity contribution in [3.63, 3.8) is 0 Å². The lowest BCUT2D eigenvalue weighted by atomic mass is 9.45. The number of hydrogen-bond donors (Lipinski definition) is 4. The van der Waals surface area contributed by atoms with Crippen LogP contribution >= 0.6 is 0 Å². The molecule has 1 aromatic heterocycles. The van der Waals surface area contributed by atoms with Crippen molar-refractivity contribution < 1.29 is 24.5 Å². The Morgan fingerprint density at radius 2 is 2.06 bits per heavy atom. The molecule has 1 aromatic rings. The van der Waals surface area contributed by atoms with Gasteiger partial charge in [0.2, 0.25) is 0 Å². The minimum Gasteiger partial charge on any atom is -0.423 e. The van der Waals surface area contributed by atoms with Crippen molar-refractivity contribution in [2.24, 2.45) is 22.7 Å². The highest BCUT2D eigenvalue weighted by Crippen LogP contribution is 2.65. The van der Waals surface area contributed by atoms with Gasteiger partial charge < -0.3 is 25.4 Å². The SMILES string of the molecule is C[C@]12CC[C@@H](O)[C@@](C)(CO)C1CCC1(CO1)C2/C=C/C1=CC(=C\c2cnc(N)[nH]c2=O)/OC1=O. The number of anilines is 1. The highest BCUT2D eigenvalue weighted by Gasteiger charge is 2.66. The number of allylic oxidation sites excluding steroid dienone is 1. The lowest BCUT2D eigenvalue weighted by molar-refractivity contribution is -0.167. The number of hydrogen-bond acceptors (Lipinski definition) is 8. The molecule has 1 saturated heterocycles. The van der Waals surface area contributed by atoms with Crippen LogP contribution in [0, 0.1) is 22.7 Å². The molecule has 1 spiro atoms. The van der Waals surface area contributed by atoms with E-state index < -0.39 is 23.0 Å². The summed E-state index contributed by atoms with van der Waals surface area (Å²) in [5.41, 5.74) is 4.65. The van der Waals surface area contributed by atoms with Crippen LogP contribution in [0.4, 0.5) is 5.95 Å². The molecule has 2 saturated carbocycles. The van der Waals surface area contributed by atoms with Crippen LogP contribution in [0.2, 0.25) is 0 Å². The Labute approximate surface area is 197 Å². The number of fused-ring (bicyclic) bond motifs is 1. The molecule has 6 atom stereocenters. The maximum absolute atomic E-state index is 12.5. The zero-order valence-electron chi connectivity index (χ0n) is 19.4. The highest BCUT2D eigenvalue weighted by molar-refractivity contribution is 5.96. The predicted octanol–water partition coefficient (Wildman–Crippen LogP) is 1.69. The fraction of sp³-hybridized carbons (Fsp3) is 0.560. The lowest BCUT2D eigenvalue weighted by Crippen LogP contribution is -2.60. The normalized spacial score (nSPS) is 40.5. The number of rotatable bonds is 4. The van der Waals surface area contributed by atoms with Crippen molar-refractivity contribution in [2.45, 2.75) is 51.2 Å². The van der Waals surface area contributed by atoms with Gasteiger partial charge in [-0.3, -0.25) is 9.78 Å². The highest BCUT2D eigenvalue weighted by atomic mass is 16.6.